The van der Waals surface area contributed by atoms with Gasteiger partial charge in [0.25, 0.3) is 0 Å². The summed E-state index contributed by atoms with van der Waals surface area (Å²) in [7, 11) is -2.56. The normalized spacial score (nSPS) is 14.3. The number of hydrogen-bond donors (Lipinski definition) is 1. The van der Waals surface area contributed by atoms with Gasteiger partial charge in [-0.1, -0.05) is 78.5 Å². The minimum Gasteiger partial charge on any atom is -0.495 e. The molecule has 8 nitrogen and oxygen atoms in total. The summed E-state index contributed by atoms with van der Waals surface area (Å²) >= 11 is 12.3. The number of carbonyl (C=O) groups is 2. The van der Waals surface area contributed by atoms with E-state index in [1.165, 1.54) is 18.1 Å². The molecule has 1 N–H and O–H groups in total. The van der Waals surface area contributed by atoms with Crippen LogP contribution < -0.4 is 14.4 Å². The van der Waals surface area contributed by atoms with Crippen LogP contribution in [0.2, 0.25) is 10.0 Å². The highest BCUT2D eigenvalue weighted by molar-refractivity contribution is 7.92. The fraction of sp³-hybridized carbons (Fsp3) is 0.355. The van der Waals surface area contributed by atoms with Crippen molar-refractivity contribution in [3.63, 3.8) is 0 Å². The third-order valence-corrected chi connectivity index (χ3v) is 8.94. The fourth-order valence-corrected chi connectivity index (χ4v) is 6.30. The van der Waals surface area contributed by atoms with E-state index in [1.54, 1.807) is 36.4 Å². The highest BCUT2D eigenvalue weighted by Crippen LogP contribution is 2.33. The Morgan fingerprint density at radius 2 is 1.60 bits per heavy atom. The van der Waals surface area contributed by atoms with Gasteiger partial charge in [-0.15, -0.1) is 0 Å². The van der Waals surface area contributed by atoms with E-state index >= 15 is 0 Å². The molecule has 0 unspecified atom stereocenters. The zero-order valence-corrected chi connectivity index (χ0v) is 26.0. The van der Waals surface area contributed by atoms with Crippen molar-refractivity contribution in [2.45, 2.75) is 50.7 Å². The molecule has 1 atom stereocenters. The summed E-state index contributed by atoms with van der Waals surface area (Å²) in [5.74, 6) is -0.596. The first-order valence-corrected chi connectivity index (χ1v) is 16.3. The maximum atomic E-state index is 14.2. The Hall–Kier alpha value is -3.27. The van der Waals surface area contributed by atoms with Gasteiger partial charge in [-0.3, -0.25) is 13.9 Å². The number of methoxy groups -OCH3 is 1. The van der Waals surface area contributed by atoms with Crippen LogP contribution in [0.3, 0.4) is 0 Å². The van der Waals surface area contributed by atoms with Crippen LogP contribution in [0, 0.1) is 0 Å². The van der Waals surface area contributed by atoms with E-state index in [-0.39, 0.29) is 41.4 Å². The van der Waals surface area contributed by atoms with Crippen LogP contribution in [-0.2, 0) is 32.6 Å². The van der Waals surface area contributed by atoms with Gasteiger partial charge in [0.2, 0.25) is 21.8 Å². The van der Waals surface area contributed by atoms with Crippen molar-refractivity contribution in [3.05, 3.63) is 94.0 Å². The number of hydrogen-bond acceptors (Lipinski definition) is 5. The van der Waals surface area contributed by atoms with Crippen LogP contribution in [0.15, 0.2) is 72.8 Å². The fourth-order valence-electron chi connectivity index (χ4n) is 5.16. The molecule has 0 heterocycles. The third-order valence-electron chi connectivity index (χ3n) is 7.33. The number of carbonyl (C=O) groups excluding carboxylic acids is 2. The molecular formula is C31H35Cl2N3O5S. The largest absolute Gasteiger partial charge is 0.495 e. The molecule has 1 aliphatic rings. The first-order valence-electron chi connectivity index (χ1n) is 13.7. The summed E-state index contributed by atoms with van der Waals surface area (Å²) in [6, 6.07) is 20.1. The number of nitrogens with one attached hydrogen (secondary N) is 1. The Morgan fingerprint density at radius 1 is 0.952 bits per heavy atom. The number of benzene rings is 3. The van der Waals surface area contributed by atoms with Gasteiger partial charge in [-0.2, -0.15) is 0 Å². The SMILES string of the molecule is COc1ccc(Cl)cc1N(CC(=O)N(Cc1ccc(Cl)cc1)[C@H](Cc1ccccc1)C(=O)NC1CCCC1)S(C)(=O)=O. The van der Waals surface area contributed by atoms with Crippen molar-refractivity contribution >= 4 is 50.7 Å². The molecule has 0 spiro atoms. The van der Waals surface area contributed by atoms with E-state index in [2.05, 4.69) is 5.32 Å². The standard InChI is InChI=1S/C31H35Cl2N3O5S/c1-41-29-17-16-25(33)19-27(29)36(42(2,39)40)21-30(37)35(20-23-12-14-24(32)15-13-23)28(18-22-8-4-3-5-9-22)31(38)34-26-10-6-7-11-26/h3-5,8-9,12-17,19,26,28H,6-7,10-11,18,20-21H2,1-2H3,(H,34,38)/t28-/m1/s1. The van der Waals surface area contributed by atoms with Gasteiger partial charge in [-0.25, -0.2) is 8.42 Å². The van der Waals surface area contributed by atoms with E-state index in [1.807, 2.05) is 30.3 Å². The topological polar surface area (TPSA) is 96.0 Å². The van der Waals surface area contributed by atoms with Gasteiger partial charge in [0, 0.05) is 29.1 Å². The zero-order chi connectivity index (χ0) is 30.3. The van der Waals surface area contributed by atoms with Gasteiger partial charge in [-0.05, 0) is 54.3 Å². The molecule has 2 amide bonds. The summed E-state index contributed by atoms with van der Waals surface area (Å²) in [5.41, 5.74) is 1.74. The Balaban J connectivity index is 1.75. The molecule has 0 radical (unpaired) electrons. The van der Waals surface area contributed by atoms with Crippen LogP contribution in [0.5, 0.6) is 5.75 Å². The second kappa shape index (κ2) is 14.3. The molecule has 1 aliphatic carbocycles. The number of sulfonamides is 1. The highest BCUT2D eigenvalue weighted by Gasteiger charge is 2.35. The number of amides is 2. The average molecular weight is 633 g/mol. The maximum Gasteiger partial charge on any atom is 0.244 e. The molecule has 3 aromatic rings. The lowest BCUT2D eigenvalue weighted by molar-refractivity contribution is -0.140. The molecule has 0 saturated heterocycles. The van der Waals surface area contributed by atoms with Gasteiger partial charge in [0.05, 0.1) is 19.1 Å². The van der Waals surface area contributed by atoms with Crippen molar-refractivity contribution in [2.24, 2.45) is 0 Å². The second-order valence-electron chi connectivity index (χ2n) is 10.4. The van der Waals surface area contributed by atoms with E-state index in [9.17, 15) is 18.0 Å². The lowest BCUT2D eigenvalue weighted by Gasteiger charge is -2.34. The molecule has 0 bridgehead atoms. The smallest absolute Gasteiger partial charge is 0.244 e. The van der Waals surface area contributed by atoms with E-state index in [0.717, 1.165) is 47.4 Å². The average Bonchev–Trinajstić information content (AvgIpc) is 3.47. The van der Waals surface area contributed by atoms with E-state index in [4.69, 9.17) is 27.9 Å². The third kappa shape index (κ3) is 8.40. The Labute approximate surface area is 257 Å². The maximum absolute atomic E-state index is 14.2. The quantitative estimate of drug-likeness (QED) is 0.286. The highest BCUT2D eigenvalue weighted by atomic mass is 35.5. The summed E-state index contributed by atoms with van der Waals surface area (Å²) in [6.45, 7) is -0.499. The van der Waals surface area contributed by atoms with Crippen molar-refractivity contribution in [1.29, 1.82) is 0 Å². The first-order chi connectivity index (χ1) is 20.0. The predicted octanol–water partition coefficient (Wildman–Crippen LogP) is 5.47. The Morgan fingerprint density at radius 3 is 2.21 bits per heavy atom. The minimum absolute atomic E-state index is 0.0338. The number of anilines is 1. The Bertz CT molecular complexity index is 1480. The van der Waals surface area contributed by atoms with Crippen molar-refractivity contribution in [1.82, 2.24) is 10.2 Å². The summed E-state index contributed by atoms with van der Waals surface area (Å²) in [4.78, 5) is 29.6. The van der Waals surface area contributed by atoms with Gasteiger partial charge in [0.1, 0.15) is 18.3 Å². The Kier molecular flexibility index (Phi) is 10.8. The molecule has 3 aromatic carbocycles. The molecular weight excluding hydrogens is 597 g/mol. The van der Waals surface area contributed by atoms with E-state index < -0.39 is 28.5 Å². The van der Waals surface area contributed by atoms with Gasteiger partial charge >= 0.3 is 0 Å². The monoisotopic (exact) mass is 631 g/mol. The van der Waals surface area contributed by atoms with Gasteiger partial charge < -0.3 is 15.0 Å². The molecule has 1 fully saturated rings. The molecule has 1 saturated carbocycles. The van der Waals surface area contributed by atoms with Crippen LogP contribution in [0.1, 0.15) is 36.8 Å². The number of halogens is 2. The molecule has 0 aliphatic heterocycles. The van der Waals surface area contributed by atoms with Crippen LogP contribution >= 0.6 is 23.2 Å². The lowest BCUT2D eigenvalue weighted by atomic mass is 10.0. The van der Waals surface area contributed by atoms with Crippen molar-refractivity contribution < 1.29 is 22.7 Å². The lowest BCUT2D eigenvalue weighted by Crippen LogP contribution is -2.54. The molecule has 42 heavy (non-hydrogen) atoms. The number of ether oxygens (including phenoxy) is 1. The number of nitrogens with zero attached hydrogens (tertiary/aromatic N) is 2. The molecule has 11 heteroatoms. The number of rotatable bonds is 12. The summed E-state index contributed by atoms with van der Waals surface area (Å²) in [5, 5.41) is 3.96. The van der Waals surface area contributed by atoms with Crippen LogP contribution in [0.4, 0.5) is 5.69 Å². The van der Waals surface area contributed by atoms with Crippen LogP contribution in [0.25, 0.3) is 0 Å². The first kappa shape index (κ1) is 31.7. The molecule has 0 aromatic heterocycles. The van der Waals surface area contributed by atoms with Gasteiger partial charge in [0.15, 0.2) is 0 Å². The zero-order valence-electron chi connectivity index (χ0n) is 23.6. The molecule has 4 rings (SSSR count). The predicted molar refractivity (Wildman–Crippen MR) is 167 cm³/mol. The van der Waals surface area contributed by atoms with E-state index in [0.29, 0.717) is 5.02 Å². The minimum atomic E-state index is -3.97. The molecule has 224 valence electrons. The van der Waals surface area contributed by atoms with Crippen molar-refractivity contribution in [3.8, 4) is 5.75 Å². The summed E-state index contributed by atoms with van der Waals surface area (Å²) < 4.78 is 32.5. The van der Waals surface area contributed by atoms with Crippen molar-refractivity contribution in [2.75, 3.05) is 24.2 Å². The summed E-state index contributed by atoms with van der Waals surface area (Å²) in [6.07, 6.45) is 5.09. The second-order valence-corrected chi connectivity index (χ2v) is 13.2. The van der Waals surface area contributed by atoms with Crippen LogP contribution in [-0.4, -0.2) is 57.1 Å².